The largest absolute Gasteiger partial charge is 0.440 e. The van der Waals surface area contributed by atoms with Crippen molar-refractivity contribution in [3.63, 3.8) is 0 Å². The second-order valence-corrected chi connectivity index (χ2v) is 3.69. The molecule has 0 rings (SSSR count). The quantitative estimate of drug-likeness (QED) is 0.693. The van der Waals surface area contributed by atoms with E-state index in [9.17, 15) is 39.5 Å². The van der Waals surface area contributed by atoms with Crippen molar-refractivity contribution >= 4 is 23.2 Å². The van der Waals surface area contributed by atoms with Gasteiger partial charge in [-0.25, -0.2) is 0 Å². The Hall–Kier alpha value is -0.860. The Bertz CT molecular complexity index is 429. The van der Waals surface area contributed by atoms with Crippen LogP contribution in [0, 0.1) is 11.3 Å². The molecule has 0 bridgehead atoms. The zero-order valence-electron chi connectivity index (χ0n) is 8.51. The van der Waals surface area contributed by atoms with Gasteiger partial charge in [0.05, 0.1) is 0 Å². The van der Waals surface area contributed by atoms with Crippen LogP contribution in [-0.2, 0) is 4.74 Å². The molecule has 0 aliphatic rings. The molecule has 0 aromatic heterocycles. The van der Waals surface area contributed by atoms with Crippen LogP contribution in [0.5, 0.6) is 0 Å². The third-order valence-electron chi connectivity index (χ3n) is 1.66. The van der Waals surface area contributed by atoms with Crippen molar-refractivity contribution in [3.05, 3.63) is 10.3 Å². The van der Waals surface area contributed by atoms with Crippen LogP contribution in [0.15, 0.2) is 10.3 Å². The van der Waals surface area contributed by atoms with Crippen LogP contribution in [0.3, 0.4) is 0 Å². The topological polar surface area (TPSA) is 33.0 Å². The van der Waals surface area contributed by atoms with Crippen molar-refractivity contribution in [2.45, 2.75) is 24.1 Å². The predicted octanol–water partition coefficient (Wildman–Crippen LogP) is 4.60. The van der Waals surface area contributed by atoms with Gasteiger partial charge in [-0.15, -0.1) is 0 Å². The third-order valence-corrected chi connectivity index (χ3v) is 2.33. The van der Waals surface area contributed by atoms with E-state index >= 15 is 0 Å². The van der Waals surface area contributed by atoms with E-state index in [0.29, 0.717) is 0 Å². The Kier molecular flexibility index (Phi) is 5.26. The van der Waals surface area contributed by atoms with Gasteiger partial charge in [0.2, 0.25) is 5.29 Å². The van der Waals surface area contributed by atoms with Crippen LogP contribution in [0.4, 0.5) is 39.5 Å². The zero-order valence-corrected chi connectivity index (χ0v) is 10.0. The Labute approximate surface area is 114 Å². The van der Waals surface area contributed by atoms with E-state index in [4.69, 9.17) is 5.26 Å². The van der Waals surface area contributed by atoms with Gasteiger partial charge in [-0.1, -0.05) is 11.6 Å². The molecule has 0 atom stereocenters. The van der Waals surface area contributed by atoms with Crippen LogP contribution < -0.4 is 0 Å². The summed E-state index contributed by atoms with van der Waals surface area (Å²) in [6.07, 6.45) is -18.9. The number of nitriles is 1. The van der Waals surface area contributed by atoms with E-state index in [1.807, 2.05) is 0 Å². The lowest BCUT2D eigenvalue weighted by molar-refractivity contribution is -0.408. The van der Waals surface area contributed by atoms with Gasteiger partial charge in [-0.05, 0) is 11.6 Å². The van der Waals surface area contributed by atoms with Crippen LogP contribution in [0.1, 0.15) is 0 Å². The van der Waals surface area contributed by atoms with Gasteiger partial charge in [0.25, 0.3) is 0 Å². The van der Waals surface area contributed by atoms with Gasteiger partial charge in [-0.3, -0.25) is 4.74 Å². The first-order valence-corrected chi connectivity index (χ1v) is 4.72. The summed E-state index contributed by atoms with van der Waals surface area (Å²) < 4.78 is 114. The SMILES string of the molecule is N#CC(OC(F)(F)C(Cl)=C(F)Cl)(C(F)(F)F)C(F)(F)F. The van der Waals surface area contributed by atoms with Crippen LogP contribution in [-0.4, -0.2) is 24.1 Å². The van der Waals surface area contributed by atoms with E-state index in [2.05, 4.69) is 27.9 Å². The number of ether oxygens (including phenoxy) is 1. The lowest BCUT2D eigenvalue weighted by Gasteiger charge is -2.33. The molecule has 13 heteroatoms. The molecule has 0 N–H and O–H groups in total. The van der Waals surface area contributed by atoms with E-state index in [-0.39, 0.29) is 0 Å². The second-order valence-electron chi connectivity index (χ2n) is 2.98. The maximum atomic E-state index is 12.9. The van der Waals surface area contributed by atoms with Crippen molar-refractivity contribution < 1.29 is 44.3 Å². The number of alkyl halides is 8. The van der Waals surface area contributed by atoms with E-state index in [1.165, 1.54) is 0 Å². The maximum absolute atomic E-state index is 12.9. The first-order chi connectivity index (χ1) is 8.62. The highest BCUT2D eigenvalue weighted by Crippen LogP contribution is 2.50. The molecule has 0 radical (unpaired) electrons. The first-order valence-electron chi connectivity index (χ1n) is 3.96. The molecular weight excluding hydrogens is 356 g/mol. The summed E-state index contributed by atoms with van der Waals surface area (Å²) in [5.41, 5.74) is -5.92. The number of rotatable bonds is 3. The van der Waals surface area contributed by atoms with Crippen LogP contribution >= 0.6 is 23.2 Å². The molecule has 2 nitrogen and oxygen atoms in total. The molecule has 0 aliphatic heterocycles. The molecule has 0 aromatic carbocycles. The summed E-state index contributed by atoms with van der Waals surface area (Å²) in [6, 6.07) is -0.454. The Morgan fingerprint density at radius 3 is 1.45 bits per heavy atom. The molecule has 0 unspecified atom stereocenters. The molecule has 0 aliphatic carbocycles. The summed E-state index contributed by atoms with van der Waals surface area (Å²) >= 11 is 8.71. The van der Waals surface area contributed by atoms with E-state index in [1.54, 1.807) is 0 Å². The maximum Gasteiger partial charge on any atom is 0.440 e. The molecule has 0 amide bonds. The van der Waals surface area contributed by atoms with Gasteiger partial charge < -0.3 is 0 Å². The highest BCUT2D eigenvalue weighted by Gasteiger charge is 2.76. The lowest BCUT2D eigenvalue weighted by Crippen LogP contribution is -2.60. The van der Waals surface area contributed by atoms with E-state index in [0.717, 1.165) is 0 Å². The minimum absolute atomic E-state index is 0.454. The molecule has 116 valence electrons. The highest BCUT2D eigenvalue weighted by atomic mass is 35.5. The summed E-state index contributed by atoms with van der Waals surface area (Å²) in [5, 5.41) is 2.91. The molecule has 0 saturated carbocycles. The number of halogens is 11. The summed E-state index contributed by atoms with van der Waals surface area (Å²) in [6.45, 7) is 0. The molecule has 0 spiro atoms. The third kappa shape index (κ3) is 3.42. The van der Waals surface area contributed by atoms with Crippen LogP contribution in [0.2, 0.25) is 0 Å². The van der Waals surface area contributed by atoms with Gasteiger partial charge in [0, 0.05) is 0 Å². The van der Waals surface area contributed by atoms with Crippen molar-refractivity contribution in [3.8, 4) is 6.07 Å². The van der Waals surface area contributed by atoms with Gasteiger partial charge in [-0.2, -0.15) is 44.8 Å². The number of nitrogens with zero attached hydrogens (tertiary/aromatic N) is 1. The van der Waals surface area contributed by atoms with Gasteiger partial charge in [0.15, 0.2) is 5.03 Å². The normalized spacial score (nSPS) is 15.7. The molecule has 20 heavy (non-hydrogen) atoms. The van der Waals surface area contributed by atoms with Crippen molar-refractivity contribution in [2.75, 3.05) is 0 Å². The standard InChI is InChI=1S/C7Cl2F9NO/c8-2(3(9)10)5(11,12)20-4(1-19,6(13,14)15)7(16,17)18. The molecule has 0 aromatic rings. The fraction of sp³-hybridized carbons (Fsp3) is 0.571. The number of hydrogen-bond acceptors (Lipinski definition) is 2. The van der Waals surface area contributed by atoms with E-state index < -0.39 is 40.4 Å². The molecular formula is C7Cl2F9NO. The fourth-order valence-corrected chi connectivity index (χ4v) is 0.922. The Morgan fingerprint density at radius 1 is 0.900 bits per heavy atom. The Balaban J connectivity index is 6.02. The summed E-state index contributed by atoms with van der Waals surface area (Å²) in [5.74, 6) is 0. The Morgan fingerprint density at radius 2 is 1.25 bits per heavy atom. The summed E-state index contributed by atoms with van der Waals surface area (Å²) in [7, 11) is 0. The van der Waals surface area contributed by atoms with Crippen molar-refractivity contribution in [2.24, 2.45) is 0 Å². The minimum atomic E-state index is -6.61. The van der Waals surface area contributed by atoms with Gasteiger partial charge in [0.1, 0.15) is 6.07 Å². The molecule has 0 fully saturated rings. The fourth-order valence-electron chi connectivity index (χ4n) is 0.773. The minimum Gasteiger partial charge on any atom is -0.276 e. The van der Waals surface area contributed by atoms with Crippen molar-refractivity contribution in [1.82, 2.24) is 0 Å². The smallest absolute Gasteiger partial charge is 0.276 e. The lowest BCUT2D eigenvalue weighted by atomic mass is 10.1. The van der Waals surface area contributed by atoms with Crippen molar-refractivity contribution in [1.29, 1.82) is 5.26 Å². The average molecular weight is 356 g/mol. The molecule has 0 heterocycles. The summed E-state index contributed by atoms with van der Waals surface area (Å²) in [4.78, 5) is 0. The molecule has 0 saturated heterocycles. The zero-order chi connectivity index (χ0) is 16.6. The predicted molar refractivity (Wildman–Crippen MR) is 46.3 cm³/mol. The number of hydrogen-bond donors (Lipinski definition) is 0. The van der Waals surface area contributed by atoms with Crippen LogP contribution in [0.25, 0.3) is 0 Å². The first kappa shape index (κ1) is 19.1. The second kappa shape index (κ2) is 5.50. The highest BCUT2D eigenvalue weighted by molar-refractivity contribution is 6.38. The average Bonchev–Trinajstić information content (AvgIpc) is 2.21. The monoisotopic (exact) mass is 355 g/mol. The van der Waals surface area contributed by atoms with Gasteiger partial charge >= 0.3 is 24.1 Å².